The number of nitrogens with zero attached hydrogens (tertiary/aromatic N) is 3. The van der Waals surface area contributed by atoms with Crippen LogP contribution in [0.5, 0.6) is 0 Å². The van der Waals surface area contributed by atoms with E-state index in [1.54, 1.807) is 6.92 Å². The normalized spacial score (nSPS) is 13.5. The third-order valence-electron chi connectivity index (χ3n) is 5.19. The number of esters is 1. The summed E-state index contributed by atoms with van der Waals surface area (Å²) in [5, 5.41) is 3.55. The van der Waals surface area contributed by atoms with Crippen LogP contribution >= 0.6 is 11.3 Å². The van der Waals surface area contributed by atoms with Crippen molar-refractivity contribution in [3.63, 3.8) is 0 Å². The summed E-state index contributed by atoms with van der Waals surface area (Å²) in [5.41, 5.74) is 3.45. The van der Waals surface area contributed by atoms with E-state index in [-0.39, 0.29) is 11.9 Å². The first-order valence-electron chi connectivity index (χ1n) is 10.2. The highest BCUT2D eigenvalue weighted by Crippen LogP contribution is 2.39. The quantitative estimate of drug-likeness (QED) is 0.608. The third kappa shape index (κ3) is 3.85. The van der Waals surface area contributed by atoms with Gasteiger partial charge in [0.2, 0.25) is 0 Å². The second-order valence-corrected chi connectivity index (χ2v) is 8.77. The van der Waals surface area contributed by atoms with Gasteiger partial charge in [0.25, 0.3) is 5.91 Å². The van der Waals surface area contributed by atoms with Gasteiger partial charge in [0.1, 0.15) is 10.6 Å². The van der Waals surface area contributed by atoms with E-state index in [2.05, 4.69) is 10.3 Å². The second-order valence-electron chi connectivity index (χ2n) is 7.66. The number of carbonyl (C=O) groups is 2. The predicted octanol–water partition coefficient (Wildman–Crippen LogP) is 3.77. The third-order valence-corrected chi connectivity index (χ3v) is 6.40. The molecule has 8 heteroatoms. The van der Waals surface area contributed by atoms with Crippen LogP contribution < -0.4 is 5.32 Å². The SMILES string of the molecule is CCOC(=O)c1c(NC(=O)c2nc3ccccn3c2CN(C)C)sc2c1CCCC2. The van der Waals surface area contributed by atoms with Gasteiger partial charge in [-0.1, -0.05) is 6.07 Å². The molecule has 0 saturated carbocycles. The average Bonchev–Trinajstić information content (AvgIpc) is 3.26. The smallest absolute Gasteiger partial charge is 0.341 e. The van der Waals surface area contributed by atoms with Crippen LogP contribution in [-0.4, -0.2) is 46.9 Å². The Morgan fingerprint density at radius 2 is 2.07 bits per heavy atom. The molecule has 158 valence electrons. The molecule has 1 amide bonds. The van der Waals surface area contributed by atoms with Gasteiger partial charge in [-0.2, -0.15) is 0 Å². The first kappa shape index (κ1) is 20.6. The van der Waals surface area contributed by atoms with Crippen LogP contribution in [0.15, 0.2) is 24.4 Å². The molecule has 1 aliphatic carbocycles. The fourth-order valence-corrected chi connectivity index (χ4v) is 5.19. The fourth-order valence-electron chi connectivity index (χ4n) is 3.91. The highest BCUT2D eigenvalue weighted by atomic mass is 32.1. The molecule has 3 aromatic rings. The van der Waals surface area contributed by atoms with E-state index in [0.29, 0.717) is 29.4 Å². The molecular formula is C22H26N4O3S. The molecule has 0 atom stereocenters. The largest absolute Gasteiger partial charge is 0.462 e. The van der Waals surface area contributed by atoms with Gasteiger partial charge >= 0.3 is 5.97 Å². The summed E-state index contributed by atoms with van der Waals surface area (Å²) >= 11 is 1.49. The zero-order valence-electron chi connectivity index (χ0n) is 17.5. The van der Waals surface area contributed by atoms with E-state index < -0.39 is 0 Å². The summed E-state index contributed by atoms with van der Waals surface area (Å²) < 4.78 is 7.23. The van der Waals surface area contributed by atoms with E-state index in [4.69, 9.17) is 4.74 Å². The molecule has 4 rings (SSSR count). The van der Waals surface area contributed by atoms with Crippen LogP contribution in [-0.2, 0) is 24.1 Å². The summed E-state index contributed by atoms with van der Waals surface area (Å²) in [6, 6.07) is 5.70. The van der Waals surface area contributed by atoms with Crippen molar-refractivity contribution < 1.29 is 14.3 Å². The van der Waals surface area contributed by atoms with Crippen molar-refractivity contribution in [1.29, 1.82) is 0 Å². The molecule has 1 N–H and O–H groups in total. The molecule has 0 spiro atoms. The van der Waals surface area contributed by atoms with Gasteiger partial charge in [-0.15, -0.1) is 11.3 Å². The highest BCUT2D eigenvalue weighted by molar-refractivity contribution is 7.17. The van der Waals surface area contributed by atoms with Crippen molar-refractivity contribution in [2.24, 2.45) is 0 Å². The lowest BCUT2D eigenvalue weighted by Gasteiger charge is -2.13. The van der Waals surface area contributed by atoms with E-state index in [9.17, 15) is 9.59 Å². The van der Waals surface area contributed by atoms with Gasteiger partial charge < -0.3 is 19.4 Å². The molecular weight excluding hydrogens is 400 g/mol. The molecule has 30 heavy (non-hydrogen) atoms. The van der Waals surface area contributed by atoms with Gasteiger partial charge in [0.05, 0.1) is 17.9 Å². The number of ether oxygens (including phenoxy) is 1. The number of pyridine rings is 1. The van der Waals surface area contributed by atoms with E-state index in [1.165, 1.54) is 16.2 Å². The minimum Gasteiger partial charge on any atom is -0.462 e. The second kappa shape index (κ2) is 8.57. The number of nitrogens with one attached hydrogen (secondary N) is 1. The lowest BCUT2D eigenvalue weighted by molar-refractivity contribution is 0.0526. The van der Waals surface area contributed by atoms with Crippen molar-refractivity contribution in [2.75, 3.05) is 26.0 Å². The number of aromatic nitrogens is 2. The molecule has 0 radical (unpaired) electrons. The number of carbonyl (C=O) groups excluding carboxylic acids is 2. The molecule has 0 aromatic carbocycles. The van der Waals surface area contributed by atoms with E-state index in [1.807, 2.05) is 47.8 Å². The molecule has 0 aliphatic heterocycles. The fraction of sp³-hybridized carbons (Fsp3) is 0.409. The molecule has 1 aliphatic rings. The van der Waals surface area contributed by atoms with Crippen LogP contribution in [0.3, 0.4) is 0 Å². The van der Waals surface area contributed by atoms with Crippen LogP contribution in [0, 0.1) is 0 Å². The van der Waals surface area contributed by atoms with Gasteiger partial charge in [-0.3, -0.25) is 4.79 Å². The Balaban J connectivity index is 1.73. The summed E-state index contributed by atoms with van der Waals surface area (Å²) in [4.78, 5) is 33.7. The number of imidazole rings is 1. The van der Waals surface area contributed by atoms with Crippen LogP contribution in [0.25, 0.3) is 5.65 Å². The molecule has 3 aromatic heterocycles. The van der Waals surface area contributed by atoms with Gasteiger partial charge in [-0.25, -0.2) is 9.78 Å². The Labute approximate surface area is 179 Å². The number of anilines is 1. The first-order chi connectivity index (χ1) is 14.5. The Kier molecular flexibility index (Phi) is 5.87. The standard InChI is InChI=1S/C22H26N4O3S/c1-4-29-22(28)18-14-9-5-6-10-16(14)30-21(18)24-20(27)19-15(13-25(2)3)26-12-8-7-11-17(26)23-19/h7-8,11-12H,4-6,9-10,13H2,1-3H3,(H,24,27). The molecule has 0 unspecified atom stereocenters. The van der Waals surface area contributed by atoms with Gasteiger partial charge in [0.15, 0.2) is 5.69 Å². The number of aryl methyl sites for hydroxylation is 1. The van der Waals surface area contributed by atoms with Crippen molar-refractivity contribution in [1.82, 2.24) is 14.3 Å². The molecule has 0 saturated heterocycles. The maximum Gasteiger partial charge on any atom is 0.341 e. The van der Waals surface area contributed by atoms with E-state index >= 15 is 0 Å². The maximum atomic E-state index is 13.3. The van der Waals surface area contributed by atoms with Crippen molar-refractivity contribution in [3.05, 3.63) is 51.8 Å². The molecule has 7 nitrogen and oxygen atoms in total. The van der Waals surface area contributed by atoms with Crippen LogP contribution in [0.4, 0.5) is 5.00 Å². The summed E-state index contributed by atoms with van der Waals surface area (Å²) in [6.07, 6.45) is 5.83. The maximum absolute atomic E-state index is 13.3. The monoisotopic (exact) mass is 426 g/mol. The lowest BCUT2D eigenvalue weighted by atomic mass is 9.95. The number of hydrogen-bond donors (Lipinski definition) is 1. The van der Waals surface area contributed by atoms with Gasteiger partial charge in [0, 0.05) is 17.6 Å². The van der Waals surface area contributed by atoms with Crippen molar-refractivity contribution in [3.8, 4) is 0 Å². The van der Waals surface area contributed by atoms with Crippen LogP contribution in [0.2, 0.25) is 0 Å². The Morgan fingerprint density at radius 3 is 2.83 bits per heavy atom. The zero-order chi connectivity index (χ0) is 21.3. The molecule has 0 fully saturated rings. The van der Waals surface area contributed by atoms with E-state index in [0.717, 1.165) is 42.6 Å². The van der Waals surface area contributed by atoms with Crippen molar-refractivity contribution in [2.45, 2.75) is 39.2 Å². The first-order valence-corrected chi connectivity index (χ1v) is 11.0. The Hall–Kier alpha value is -2.71. The highest BCUT2D eigenvalue weighted by Gasteiger charge is 2.28. The number of hydrogen-bond acceptors (Lipinski definition) is 6. The average molecular weight is 427 g/mol. The summed E-state index contributed by atoms with van der Waals surface area (Å²) in [6.45, 7) is 2.66. The molecule has 0 bridgehead atoms. The number of amides is 1. The van der Waals surface area contributed by atoms with Crippen molar-refractivity contribution >= 4 is 33.9 Å². The number of fused-ring (bicyclic) bond motifs is 2. The van der Waals surface area contributed by atoms with Crippen LogP contribution in [0.1, 0.15) is 56.7 Å². The Morgan fingerprint density at radius 1 is 1.27 bits per heavy atom. The number of rotatable bonds is 6. The topological polar surface area (TPSA) is 75.9 Å². The minimum atomic E-state index is -0.365. The predicted molar refractivity (Wildman–Crippen MR) is 117 cm³/mol. The lowest BCUT2D eigenvalue weighted by Crippen LogP contribution is -2.20. The Bertz CT molecular complexity index is 1100. The number of thiophene rings is 1. The zero-order valence-corrected chi connectivity index (χ0v) is 18.3. The minimum absolute atomic E-state index is 0.302. The van der Waals surface area contributed by atoms with Gasteiger partial charge in [-0.05, 0) is 64.4 Å². The molecule has 3 heterocycles. The summed E-state index contributed by atoms with van der Waals surface area (Å²) in [5.74, 6) is -0.671. The summed E-state index contributed by atoms with van der Waals surface area (Å²) in [7, 11) is 3.91.